The first-order valence-electron chi connectivity index (χ1n) is 8.51. The molecule has 1 aliphatic carbocycles. The van der Waals surface area contributed by atoms with Crippen LogP contribution in [0, 0.1) is 0 Å². The van der Waals surface area contributed by atoms with Crippen molar-refractivity contribution in [3.8, 4) is 11.1 Å². The van der Waals surface area contributed by atoms with Crippen LogP contribution in [0.5, 0.6) is 0 Å². The second-order valence-corrected chi connectivity index (χ2v) is 8.60. The van der Waals surface area contributed by atoms with Crippen LogP contribution in [0.2, 0.25) is 0 Å². The molecule has 2 aromatic rings. The number of nitrogens with zero attached hydrogens (tertiary/aromatic N) is 1. The molecule has 3 rings (SSSR count). The first kappa shape index (κ1) is 18.9. The number of fused-ring (bicyclic) bond motifs is 1. The van der Waals surface area contributed by atoms with E-state index in [9.17, 15) is 13.2 Å². The van der Waals surface area contributed by atoms with Crippen molar-refractivity contribution in [1.82, 2.24) is 0 Å². The van der Waals surface area contributed by atoms with Crippen LogP contribution in [0.1, 0.15) is 35.3 Å². The van der Waals surface area contributed by atoms with E-state index in [1.54, 1.807) is 12.1 Å². The molecule has 5 nitrogen and oxygen atoms in total. The lowest BCUT2D eigenvalue weighted by Gasteiger charge is -2.19. The number of nitrogens with two attached hydrogens (primary N) is 1. The summed E-state index contributed by atoms with van der Waals surface area (Å²) in [4.78, 5) is 11.8. The van der Waals surface area contributed by atoms with Crippen molar-refractivity contribution < 1.29 is 13.2 Å². The number of benzene rings is 2. The second-order valence-electron chi connectivity index (χ2n) is 6.69. The van der Waals surface area contributed by atoms with Crippen molar-refractivity contribution in [1.29, 1.82) is 0 Å². The van der Waals surface area contributed by atoms with E-state index in [0.717, 1.165) is 33.2 Å². The van der Waals surface area contributed by atoms with E-state index < -0.39 is 15.9 Å². The Hall–Kier alpha value is -2.86. The molecule has 0 bridgehead atoms. The van der Waals surface area contributed by atoms with Crippen molar-refractivity contribution in [2.24, 2.45) is 5.73 Å². The van der Waals surface area contributed by atoms with E-state index in [-0.39, 0.29) is 0 Å². The standard InChI is InChI=1S/C21H22N2O3S/c1-5-27(25,26)23(4)16-8-6-7-15(12-16)17-9-10-18(21(22)24)19-11-13(2)14(3)20(17)19/h5-10,12H,1,11H2,2-4H3,(H2,22,24). The highest BCUT2D eigenvalue weighted by molar-refractivity contribution is 7.95. The van der Waals surface area contributed by atoms with Crippen LogP contribution < -0.4 is 10.0 Å². The summed E-state index contributed by atoms with van der Waals surface area (Å²) in [5.74, 6) is -0.439. The number of amides is 1. The zero-order valence-electron chi connectivity index (χ0n) is 15.6. The summed E-state index contributed by atoms with van der Waals surface area (Å²) in [7, 11) is -2.08. The topological polar surface area (TPSA) is 80.5 Å². The smallest absolute Gasteiger partial charge is 0.256 e. The molecule has 140 valence electrons. The molecule has 0 radical (unpaired) electrons. The lowest BCUT2D eigenvalue weighted by molar-refractivity contribution is 0.0999. The van der Waals surface area contributed by atoms with E-state index in [0.29, 0.717) is 17.7 Å². The van der Waals surface area contributed by atoms with E-state index >= 15 is 0 Å². The minimum absolute atomic E-state index is 0.439. The van der Waals surface area contributed by atoms with Gasteiger partial charge in [0.05, 0.1) is 5.69 Å². The van der Waals surface area contributed by atoms with Crippen LogP contribution in [0.15, 0.2) is 54.0 Å². The normalized spacial score (nSPS) is 13.4. The zero-order valence-corrected chi connectivity index (χ0v) is 16.4. The van der Waals surface area contributed by atoms with E-state index in [4.69, 9.17) is 5.73 Å². The first-order valence-corrected chi connectivity index (χ1v) is 10.0. The highest BCUT2D eigenvalue weighted by Crippen LogP contribution is 2.41. The summed E-state index contributed by atoms with van der Waals surface area (Å²) < 4.78 is 25.4. The maximum absolute atomic E-state index is 12.1. The van der Waals surface area contributed by atoms with Gasteiger partial charge in [0.15, 0.2) is 0 Å². The van der Waals surface area contributed by atoms with Gasteiger partial charge in [-0.3, -0.25) is 9.10 Å². The van der Waals surface area contributed by atoms with E-state index in [1.165, 1.54) is 16.9 Å². The minimum Gasteiger partial charge on any atom is -0.366 e. The fraction of sp³-hybridized carbons (Fsp3) is 0.190. The van der Waals surface area contributed by atoms with Crippen LogP contribution in [0.4, 0.5) is 5.69 Å². The number of carbonyl (C=O) groups is 1. The molecule has 6 heteroatoms. The Bertz CT molecular complexity index is 1100. The van der Waals surface area contributed by atoms with Gasteiger partial charge in [-0.25, -0.2) is 8.42 Å². The molecule has 0 aromatic heterocycles. The Morgan fingerprint density at radius 1 is 1.22 bits per heavy atom. The lowest BCUT2D eigenvalue weighted by Crippen LogP contribution is -2.23. The Labute approximate surface area is 159 Å². The summed E-state index contributed by atoms with van der Waals surface area (Å²) >= 11 is 0. The summed E-state index contributed by atoms with van der Waals surface area (Å²) in [6.07, 6.45) is 0.692. The van der Waals surface area contributed by atoms with Crippen molar-refractivity contribution in [2.45, 2.75) is 20.3 Å². The molecule has 1 aliphatic rings. The molecule has 0 atom stereocenters. The molecule has 27 heavy (non-hydrogen) atoms. The quantitative estimate of drug-likeness (QED) is 0.856. The molecule has 0 saturated carbocycles. The minimum atomic E-state index is -3.57. The number of primary amides is 1. The van der Waals surface area contributed by atoms with Crippen molar-refractivity contribution >= 4 is 27.2 Å². The molecule has 0 heterocycles. The molecule has 0 fully saturated rings. The average molecular weight is 382 g/mol. The maximum Gasteiger partial charge on any atom is 0.256 e. The summed E-state index contributed by atoms with van der Waals surface area (Å²) in [6, 6.07) is 10.9. The number of rotatable bonds is 5. The maximum atomic E-state index is 12.1. The SMILES string of the molecule is C=CS(=O)(=O)N(C)c1cccc(-c2ccc(C(N)=O)c3c2C(C)=C(C)C3)c1. The van der Waals surface area contributed by atoms with Gasteiger partial charge in [0.1, 0.15) is 0 Å². The second kappa shape index (κ2) is 6.70. The van der Waals surface area contributed by atoms with Gasteiger partial charge in [-0.05, 0) is 66.3 Å². The number of carbonyl (C=O) groups excluding carboxylic acids is 1. The van der Waals surface area contributed by atoms with Gasteiger partial charge < -0.3 is 5.73 Å². The van der Waals surface area contributed by atoms with E-state index in [1.807, 2.05) is 38.1 Å². The van der Waals surface area contributed by atoms with Crippen LogP contribution in [-0.2, 0) is 16.4 Å². The number of anilines is 1. The third-order valence-electron chi connectivity index (χ3n) is 5.15. The predicted molar refractivity (Wildman–Crippen MR) is 110 cm³/mol. The van der Waals surface area contributed by atoms with Crippen LogP contribution in [-0.4, -0.2) is 21.4 Å². The highest BCUT2D eigenvalue weighted by Gasteiger charge is 2.25. The number of hydrogen-bond acceptors (Lipinski definition) is 3. The lowest BCUT2D eigenvalue weighted by atomic mass is 9.91. The number of allylic oxidation sites excluding steroid dienone is 2. The third kappa shape index (κ3) is 3.17. The average Bonchev–Trinajstić information content (AvgIpc) is 2.95. The number of sulfonamides is 1. The van der Waals surface area contributed by atoms with Gasteiger partial charge in [-0.15, -0.1) is 0 Å². The fourth-order valence-electron chi connectivity index (χ4n) is 3.47. The molecular formula is C21H22N2O3S. The Balaban J connectivity index is 2.20. The molecule has 0 spiro atoms. The van der Waals surface area contributed by atoms with Gasteiger partial charge in [-0.2, -0.15) is 0 Å². The van der Waals surface area contributed by atoms with Gasteiger partial charge >= 0.3 is 0 Å². The largest absolute Gasteiger partial charge is 0.366 e. The van der Waals surface area contributed by atoms with Crippen LogP contribution >= 0.6 is 0 Å². The monoisotopic (exact) mass is 382 g/mol. The molecule has 2 N–H and O–H groups in total. The summed E-state index contributed by atoms with van der Waals surface area (Å²) in [5, 5.41) is 0.926. The fourth-order valence-corrected chi connectivity index (χ4v) is 4.10. The Morgan fingerprint density at radius 3 is 2.56 bits per heavy atom. The van der Waals surface area contributed by atoms with Crippen LogP contribution in [0.25, 0.3) is 16.7 Å². The molecule has 2 aromatic carbocycles. The Kier molecular flexibility index (Phi) is 4.70. The van der Waals surface area contributed by atoms with Crippen molar-refractivity contribution in [2.75, 3.05) is 11.4 Å². The summed E-state index contributed by atoms with van der Waals surface area (Å²) in [5.41, 5.74) is 12.7. The van der Waals surface area contributed by atoms with Gasteiger partial charge in [0.25, 0.3) is 10.0 Å². The zero-order chi connectivity index (χ0) is 19.9. The Morgan fingerprint density at radius 2 is 1.93 bits per heavy atom. The molecular weight excluding hydrogens is 360 g/mol. The van der Waals surface area contributed by atoms with Crippen molar-refractivity contribution in [3.05, 3.63) is 70.6 Å². The highest BCUT2D eigenvalue weighted by atomic mass is 32.2. The first-order chi connectivity index (χ1) is 12.7. The van der Waals surface area contributed by atoms with E-state index in [2.05, 4.69) is 6.58 Å². The van der Waals surface area contributed by atoms with Gasteiger partial charge in [0, 0.05) is 18.0 Å². The molecule has 0 saturated heterocycles. The predicted octanol–water partition coefficient (Wildman–Crippen LogP) is 3.71. The molecule has 1 amide bonds. The number of hydrogen-bond donors (Lipinski definition) is 1. The van der Waals surface area contributed by atoms with Gasteiger partial charge in [0.2, 0.25) is 5.91 Å². The third-order valence-corrected chi connectivity index (χ3v) is 6.54. The van der Waals surface area contributed by atoms with Gasteiger partial charge in [-0.1, -0.05) is 30.4 Å². The summed E-state index contributed by atoms with van der Waals surface area (Å²) in [6.45, 7) is 7.45. The van der Waals surface area contributed by atoms with Crippen LogP contribution in [0.3, 0.4) is 0 Å². The molecule has 0 aliphatic heterocycles. The van der Waals surface area contributed by atoms with Crippen molar-refractivity contribution in [3.63, 3.8) is 0 Å². The molecule has 0 unspecified atom stereocenters.